The van der Waals surface area contributed by atoms with E-state index in [9.17, 15) is 0 Å². The molecule has 1 aromatic heterocycles. The van der Waals surface area contributed by atoms with E-state index in [0.29, 0.717) is 0 Å². The van der Waals surface area contributed by atoms with Crippen molar-refractivity contribution in [2.45, 2.75) is 26.9 Å². The minimum absolute atomic E-state index is 0.870. The first-order valence-corrected chi connectivity index (χ1v) is 5.37. The fourth-order valence-corrected chi connectivity index (χ4v) is 2.04. The summed E-state index contributed by atoms with van der Waals surface area (Å²) in [7, 11) is 1.97. The van der Waals surface area contributed by atoms with Gasteiger partial charge in [-0.3, -0.25) is 4.68 Å². The van der Waals surface area contributed by atoms with E-state index in [2.05, 4.69) is 47.1 Å². The average molecular weight is 203 g/mol. The van der Waals surface area contributed by atoms with Gasteiger partial charge in [0.15, 0.2) is 0 Å². The van der Waals surface area contributed by atoms with Gasteiger partial charge in [-0.15, -0.1) is 0 Å². The summed E-state index contributed by atoms with van der Waals surface area (Å²) in [5.41, 5.74) is 3.69. The van der Waals surface area contributed by atoms with E-state index >= 15 is 0 Å². The monoisotopic (exact) mass is 203 g/mol. The Bertz CT molecular complexity index is 471. The van der Waals surface area contributed by atoms with Gasteiger partial charge in [0.2, 0.25) is 0 Å². The zero-order chi connectivity index (χ0) is 10.8. The maximum atomic E-state index is 4.59. The first-order valence-electron chi connectivity index (χ1n) is 5.37. The van der Waals surface area contributed by atoms with Crippen LogP contribution in [-0.4, -0.2) is 16.8 Å². The van der Waals surface area contributed by atoms with Gasteiger partial charge in [-0.2, -0.15) is 5.10 Å². The molecule has 0 spiro atoms. The molecule has 0 radical (unpaired) electrons. The molecular weight excluding hydrogens is 186 g/mol. The van der Waals surface area contributed by atoms with Crippen LogP contribution in [0.25, 0.3) is 10.9 Å². The first kappa shape index (κ1) is 10.2. The van der Waals surface area contributed by atoms with Crippen molar-refractivity contribution >= 4 is 10.9 Å². The maximum absolute atomic E-state index is 4.59. The summed E-state index contributed by atoms with van der Waals surface area (Å²) in [5.74, 6) is 0. The normalized spacial score (nSPS) is 11.1. The van der Waals surface area contributed by atoms with Gasteiger partial charge in [-0.05, 0) is 32.5 Å². The lowest BCUT2D eigenvalue weighted by atomic mass is 10.1. The number of rotatable bonds is 3. The molecule has 2 rings (SSSR count). The quantitative estimate of drug-likeness (QED) is 0.827. The summed E-state index contributed by atoms with van der Waals surface area (Å²) >= 11 is 0. The Labute approximate surface area is 90.1 Å². The number of nitrogens with one attached hydrogen (secondary N) is 1. The summed E-state index contributed by atoms with van der Waals surface area (Å²) in [6.45, 7) is 6.06. The molecule has 0 saturated carbocycles. The highest BCUT2D eigenvalue weighted by Gasteiger charge is 2.10. The van der Waals surface area contributed by atoms with Crippen LogP contribution in [0.5, 0.6) is 0 Å². The lowest BCUT2D eigenvalue weighted by molar-refractivity contribution is 0.610. The number of hydrogen-bond donors (Lipinski definition) is 1. The van der Waals surface area contributed by atoms with Crippen LogP contribution in [0.4, 0.5) is 0 Å². The smallest absolute Gasteiger partial charge is 0.0929 e. The zero-order valence-corrected chi connectivity index (χ0v) is 9.54. The highest BCUT2D eigenvalue weighted by Crippen LogP contribution is 2.22. The molecule has 0 aliphatic heterocycles. The van der Waals surface area contributed by atoms with Crippen LogP contribution in [0.1, 0.15) is 18.2 Å². The molecule has 0 bridgehead atoms. The molecule has 15 heavy (non-hydrogen) atoms. The van der Waals surface area contributed by atoms with Crippen molar-refractivity contribution in [3.8, 4) is 0 Å². The topological polar surface area (TPSA) is 29.9 Å². The molecule has 1 N–H and O–H groups in total. The number of aromatic nitrogens is 2. The Morgan fingerprint density at radius 1 is 1.40 bits per heavy atom. The second kappa shape index (κ2) is 4.03. The van der Waals surface area contributed by atoms with Gasteiger partial charge in [0.25, 0.3) is 0 Å². The van der Waals surface area contributed by atoms with Gasteiger partial charge in [-0.25, -0.2) is 0 Å². The van der Waals surface area contributed by atoms with Gasteiger partial charge in [0, 0.05) is 18.5 Å². The lowest BCUT2D eigenvalue weighted by Gasteiger charge is -2.04. The molecular formula is C12H17N3. The fraction of sp³-hybridized carbons (Fsp3) is 0.417. The molecule has 80 valence electrons. The van der Waals surface area contributed by atoms with Crippen molar-refractivity contribution in [1.29, 1.82) is 0 Å². The van der Waals surface area contributed by atoms with Crippen LogP contribution in [-0.2, 0) is 13.1 Å². The number of fused-ring (bicyclic) bond motifs is 1. The van der Waals surface area contributed by atoms with E-state index in [1.807, 2.05) is 7.05 Å². The molecule has 0 amide bonds. The molecule has 0 saturated heterocycles. The van der Waals surface area contributed by atoms with Crippen LogP contribution in [0.2, 0.25) is 0 Å². The van der Waals surface area contributed by atoms with Crippen LogP contribution in [0.15, 0.2) is 18.2 Å². The van der Waals surface area contributed by atoms with Crippen molar-refractivity contribution in [3.63, 3.8) is 0 Å². The summed E-state index contributed by atoms with van der Waals surface area (Å²) in [6.07, 6.45) is 0. The molecule has 1 heterocycles. The molecule has 2 aromatic rings. The highest BCUT2D eigenvalue weighted by molar-refractivity contribution is 5.84. The third-order valence-corrected chi connectivity index (χ3v) is 2.72. The number of benzene rings is 1. The van der Waals surface area contributed by atoms with E-state index in [1.54, 1.807) is 0 Å². The first-order chi connectivity index (χ1) is 7.27. The number of aryl methyl sites for hydroxylation is 2. The SMILES string of the molecule is CCn1nc2cccc(C)c2c1CNC. The molecule has 0 fully saturated rings. The van der Waals surface area contributed by atoms with Crippen molar-refractivity contribution in [3.05, 3.63) is 29.5 Å². The van der Waals surface area contributed by atoms with Crippen LogP contribution in [0, 0.1) is 6.92 Å². The Morgan fingerprint density at radius 2 is 2.20 bits per heavy atom. The minimum atomic E-state index is 0.870. The van der Waals surface area contributed by atoms with Gasteiger partial charge in [0.1, 0.15) is 0 Å². The van der Waals surface area contributed by atoms with Crippen LogP contribution in [0.3, 0.4) is 0 Å². The summed E-state index contributed by atoms with van der Waals surface area (Å²) < 4.78 is 2.08. The Balaban J connectivity index is 2.70. The summed E-state index contributed by atoms with van der Waals surface area (Å²) in [4.78, 5) is 0. The predicted molar refractivity (Wildman–Crippen MR) is 62.9 cm³/mol. The summed E-state index contributed by atoms with van der Waals surface area (Å²) in [6, 6.07) is 6.28. The van der Waals surface area contributed by atoms with Crippen molar-refractivity contribution in [2.75, 3.05) is 7.05 Å². The van der Waals surface area contributed by atoms with Gasteiger partial charge >= 0.3 is 0 Å². The Morgan fingerprint density at radius 3 is 2.87 bits per heavy atom. The summed E-state index contributed by atoms with van der Waals surface area (Å²) in [5, 5.41) is 9.09. The van der Waals surface area contributed by atoms with Gasteiger partial charge in [0.05, 0.1) is 11.2 Å². The minimum Gasteiger partial charge on any atom is -0.314 e. The maximum Gasteiger partial charge on any atom is 0.0929 e. The lowest BCUT2D eigenvalue weighted by Crippen LogP contribution is -2.11. The Hall–Kier alpha value is -1.35. The van der Waals surface area contributed by atoms with Gasteiger partial charge < -0.3 is 5.32 Å². The predicted octanol–water partition coefficient (Wildman–Crippen LogP) is 2.08. The van der Waals surface area contributed by atoms with Crippen molar-refractivity contribution < 1.29 is 0 Å². The van der Waals surface area contributed by atoms with Crippen molar-refractivity contribution in [2.24, 2.45) is 0 Å². The van der Waals surface area contributed by atoms with E-state index in [1.165, 1.54) is 16.6 Å². The van der Waals surface area contributed by atoms with E-state index in [4.69, 9.17) is 0 Å². The standard InChI is InChI=1S/C12H17N3/c1-4-15-11(8-13-3)12-9(2)6-5-7-10(12)14-15/h5-7,13H,4,8H2,1-3H3. The van der Waals surface area contributed by atoms with E-state index < -0.39 is 0 Å². The number of hydrogen-bond acceptors (Lipinski definition) is 2. The molecule has 3 heteroatoms. The average Bonchev–Trinajstić information content (AvgIpc) is 2.58. The molecule has 0 unspecified atom stereocenters. The number of nitrogens with zero attached hydrogens (tertiary/aromatic N) is 2. The third kappa shape index (κ3) is 1.63. The van der Waals surface area contributed by atoms with Crippen LogP contribution >= 0.6 is 0 Å². The third-order valence-electron chi connectivity index (χ3n) is 2.72. The van der Waals surface area contributed by atoms with E-state index in [-0.39, 0.29) is 0 Å². The zero-order valence-electron chi connectivity index (χ0n) is 9.54. The molecule has 0 aliphatic rings. The highest BCUT2D eigenvalue weighted by atomic mass is 15.3. The molecule has 0 aliphatic carbocycles. The van der Waals surface area contributed by atoms with Crippen LogP contribution < -0.4 is 5.32 Å². The largest absolute Gasteiger partial charge is 0.314 e. The molecule has 0 atom stereocenters. The second-order valence-electron chi connectivity index (χ2n) is 3.76. The fourth-order valence-electron chi connectivity index (χ4n) is 2.04. The molecule has 1 aromatic carbocycles. The second-order valence-corrected chi connectivity index (χ2v) is 3.76. The van der Waals surface area contributed by atoms with E-state index in [0.717, 1.165) is 18.6 Å². The van der Waals surface area contributed by atoms with Gasteiger partial charge in [-0.1, -0.05) is 12.1 Å². The Kier molecular flexibility index (Phi) is 2.73. The molecule has 3 nitrogen and oxygen atoms in total. The van der Waals surface area contributed by atoms with Crippen molar-refractivity contribution in [1.82, 2.24) is 15.1 Å².